The molecule has 94 valence electrons. The van der Waals surface area contributed by atoms with E-state index in [9.17, 15) is 9.59 Å². The Morgan fingerprint density at radius 1 is 1.33 bits per heavy atom. The first kappa shape index (κ1) is 12.8. The minimum absolute atomic E-state index is 0.249. The number of carbonyl (C=O) groups is 2. The number of nitrogens with one attached hydrogen (secondary N) is 1. The molecule has 2 N–H and O–H groups in total. The van der Waals surface area contributed by atoms with Gasteiger partial charge in [0.1, 0.15) is 13.2 Å². The molecule has 0 aliphatic carbocycles. The highest BCUT2D eigenvalue weighted by atomic mass is 79.9. The van der Waals surface area contributed by atoms with Crippen molar-refractivity contribution in [1.29, 1.82) is 0 Å². The molecule has 0 aliphatic heterocycles. The Labute approximate surface area is 111 Å². The first-order valence-corrected chi connectivity index (χ1v) is 5.97. The van der Waals surface area contributed by atoms with Crippen LogP contribution in [0.1, 0.15) is 10.4 Å². The minimum Gasteiger partial charge on any atom is -0.480 e. The van der Waals surface area contributed by atoms with Gasteiger partial charge in [-0.25, -0.2) is 4.79 Å². The van der Waals surface area contributed by atoms with E-state index in [0.29, 0.717) is 5.56 Å². The van der Waals surface area contributed by atoms with E-state index in [4.69, 9.17) is 9.84 Å². The molecule has 0 saturated carbocycles. The summed E-state index contributed by atoms with van der Waals surface area (Å²) in [6.45, 7) is -0.726. The maximum Gasteiger partial charge on any atom is 0.329 e. The van der Waals surface area contributed by atoms with Crippen LogP contribution in [0.5, 0.6) is 0 Å². The van der Waals surface area contributed by atoms with Gasteiger partial charge in [-0.15, -0.1) is 0 Å². The molecule has 0 amide bonds. The molecule has 2 rings (SSSR count). The summed E-state index contributed by atoms with van der Waals surface area (Å²) in [5.74, 6) is -1.35. The number of rotatable bonds is 5. The molecule has 0 bridgehead atoms. The number of aromatic nitrogens is 1. The van der Waals surface area contributed by atoms with Gasteiger partial charge < -0.3 is 14.8 Å². The van der Waals surface area contributed by atoms with E-state index in [1.807, 2.05) is 18.2 Å². The van der Waals surface area contributed by atoms with Gasteiger partial charge in [-0.05, 0) is 12.1 Å². The van der Waals surface area contributed by atoms with Gasteiger partial charge in [0.15, 0.2) is 5.78 Å². The van der Waals surface area contributed by atoms with Gasteiger partial charge in [-0.3, -0.25) is 4.79 Å². The molecular formula is C12H10BrNO4. The lowest BCUT2D eigenvalue weighted by Crippen LogP contribution is -2.14. The van der Waals surface area contributed by atoms with Crippen LogP contribution in [0.3, 0.4) is 0 Å². The van der Waals surface area contributed by atoms with Crippen LogP contribution in [0.15, 0.2) is 28.9 Å². The normalized spacial score (nSPS) is 10.7. The first-order valence-electron chi connectivity index (χ1n) is 5.18. The van der Waals surface area contributed by atoms with E-state index >= 15 is 0 Å². The van der Waals surface area contributed by atoms with Crippen molar-refractivity contribution in [1.82, 2.24) is 4.98 Å². The number of aromatic amines is 1. The molecule has 2 aromatic rings. The molecule has 18 heavy (non-hydrogen) atoms. The fourth-order valence-corrected chi connectivity index (χ4v) is 2.25. The molecule has 5 nitrogen and oxygen atoms in total. The fraction of sp³-hybridized carbons (Fsp3) is 0.167. The van der Waals surface area contributed by atoms with Crippen LogP contribution in [0.25, 0.3) is 10.9 Å². The van der Waals surface area contributed by atoms with Crippen LogP contribution in [0, 0.1) is 0 Å². The zero-order valence-electron chi connectivity index (χ0n) is 9.27. The van der Waals surface area contributed by atoms with Gasteiger partial charge in [-0.2, -0.15) is 0 Å². The van der Waals surface area contributed by atoms with Crippen molar-refractivity contribution in [2.24, 2.45) is 0 Å². The molecule has 6 heteroatoms. The van der Waals surface area contributed by atoms with E-state index < -0.39 is 12.6 Å². The third kappa shape index (κ3) is 2.60. The van der Waals surface area contributed by atoms with Gasteiger partial charge in [0.25, 0.3) is 0 Å². The molecule has 0 spiro atoms. The van der Waals surface area contributed by atoms with Crippen LogP contribution >= 0.6 is 15.9 Å². The van der Waals surface area contributed by atoms with Gasteiger partial charge in [0.2, 0.25) is 0 Å². The van der Waals surface area contributed by atoms with Crippen molar-refractivity contribution in [3.63, 3.8) is 0 Å². The predicted molar refractivity (Wildman–Crippen MR) is 68.8 cm³/mol. The van der Waals surface area contributed by atoms with Gasteiger partial charge in [0.05, 0.1) is 0 Å². The van der Waals surface area contributed by atoms with Crippen molar-refractivity contribution < 1.29 is 19.4 Å². The van der Waals surface area contributed by atoms with Crippen LogP contribution in [0.4, 0.5) is 0 Å². The average Bonchev–Trinajstić information content (AvgIpc) is 2.73. The smallest absolute Gasteiger partial charge is 0.329 e. The van der Waals surface area contributed by atoms with E-state index in [1.165, 1.54) is 0 Å². The summed E-state index contributed by atoms with van der Waals surface area (Å²) in [6, 6.07) is 5.55. The lowest BCUT2D eigenvalue weighted by Gasteiger charge is -2.01. The molecule has 0 fully saturated rings. The second kappa shape index (κ2) is 5.32. The average molecular weight is 312 g/mol. The van der Waals surface area contributed by atoms with E-state index in [2.05, 4.69) is 20.9 Å². The summed E-state index contributed by atoms with van der Waals surface area (Å²) in [5.41, 5.74) is 1.33. The number of Topliss-reactive ketones (excluding diaryl/α,β-unsaturated/α-hetero) is 1. The number of carboxylic acids is 1. The van der Waals surface area contributed by atoms with Crippen molar-refractivity contribution in [2.45, 2.75) is 0 Å². The number of ketones is 1. The summed E-state index contributed by atoms with van der Waals surface area (Å²) in [5, 5.41) is 9.20. The third-order valence-electron chi connectivity index (χ3n) is 2.41. The Bertz CT molecular complexity index is 605. The number of fused-ring (bicyclic) bond motifs is 1. The molecule has 0 unspecified atom stereocenters. The highest BCUT2D eigenvalue weighted by molar-refractivity contribution is 9.10. The largest absolute Gasteiger partial charge is 0.480 e. The summed E-state index contributed by atoms with van der Waals surface area (Å²) in [7, 11) is 0. The molecule has 1 heterocycles. The van der Waals surface area contributed by atoms with Crippen LogP contribution in [-0.4, -0.2) is 35.1 Å². The quantitative estimate of drug-likeness (QED) is 0.830. The number of halogens is 1. The van der Waals surface area contributed by atoms with E-state index in [1.54, 1.807) is 6.20 Å². The Morgan fingerprint density at radius 3 is 2.83 bits per heavy atom. The molecule has 1 aromatic carbocycles. The SMILES string of the molecule is O=C(O)COCC(=O)c1c[nH]c2cccc(Br)c12. The number of carboxylic acid groups (broad SMARTS) is 1. The number of ether oxygens (including phenoxy) is 1. The van der Waals surface area contributed by atoms with Crippen LogP contribution in [-0.2, 0) is 9.53 Å². The minimum atomic E-state index is -1.09. The summed E-state index contributed by atoms with van der Waals surface area (Å²) >= 11 is 3.38. The molecule has 0 radical (unpaired) electrons. The Kier molecular flexibility index (Phi) is 3.78. The maximum atomic E-state index is 11.9. The number of carbonyl (C=O) groups excluding carboxylic acids is 1. The lowest BCUT2D eigenvalue weighted by molar-refractivity contribution is -0.141. The van der Waals surface area contributed by atoms with Crippen LogP contribution in [0.2, 0.25) is 0 Å². The number of hydrogen-bond donors (Lipinski definition) is 2. The lowest BCUT2D eigenvalue weighted by atomic mass is 10.1. The Hall–Kier alpha value is -1.66. The number of aliphatic carboxylic acids is 1. The van der Waals surface area contributed by atoms with Gasteiger partial charge >= 0.3 is 5.97 Å². The van der Waals surface area contributed by atoms with Crippen molar-refractivity contribution in [3.05, 3.63) is 34.4 Å². The fourth-order valence-electron chi connectivity index (χ4n) is 1.67. The summed E-state index contributed by atoms with van der Waals surface area (Å²) in [4.78, 5) is 25.2. The topological polar surface area (TPSA) is 79.4 Å². The first-order chi connectivity index (χ1) is 8.59. The van der Waals surface area contributed by atoms with E-state index in [0.717, 1.165) is 15.4 Å². The van der Waals surface area contributed by atoms with Gasteiger partial charge in [0, 0.05) is 27.1 Å². The van der Waals surface area contributed by atoms with Crippen molar-refractivity contribution in [3.8, 4) is 0 Å². The van der Waals surface area contributed by atoms with Crippen LogP contribution < -0.4 is 0 Å². The Balaban J connectivity index is 2.20. The molecule has 1 aromatic heterocycles. The molecule has 0 saturated heterocycles. The highest BCUT2D eigenvalue weighted by Gasteiger charge is 2.14. The van der Waals surface area contributed by atoms with Gasteiger partial charge in [-0.1, -0.05) is 22.0 Å². The predicted octanol–water partition coefficient (Wildman–Crippen LogP) is 2.21. The third-order valence-corrected chi connectivity index (χ3v) is 3.07. The number of benzene rings is 1. The summed E-state index contributed by atoms with van der Waals surface area (Å²) < 4.78 is 5.60. The van der Waals surface area contributed by atoms with Crippen molar-refractivity contribution >= 4 is 38.6 Å². The molecule has 0 atom stereocenters. The monoisotopic (exact) mass is 311 g/mol. The van der Waals surface area contributed by atoms with Crippen molar-refractivity contribution in [2.75, 3.05) is 13.2 Å². The molecular weight excluding hydrogens is 302 g/mol. The number of H-pyrrole nitrogens is 1. The Morgan fingerprint density at radius 2 is 2.11 bits per heavy atom. The second-order valence-electron chi connectivity index (χ2n) is 3.67. The standard InChI is InChI=1S/C12H10BrNO4/c13-8-2-1-3-9-12(8)7(4-14-9)10(15)5-18-6-11(16)17/h1-4,14H,5-6H2,(H,16,17). The highest BCUT2D eigenvalue weighted by Crippen LogP contribution is 2.27. The zero-order valence-corrected chi connectivity index (χ0v) is 10.9. The zero-order chi connectivity index (χ0) is 13.1. The van der Waals surface area contributed by atoms with E-state index in [-0.39, 0.29) is 12.4 Å². The number of hydrogen-bond acceptors (Lipinski definition) is 3. The second-order valence-corrected chi connectivity index (χ2v) is 4.53. The maximum absolute atomic E-state index is 11.9. The summed E-state index contributed by atoms with van der Waals surface area (Å²) in [6.07, 6.45) is 1.60. The molecule has 0 aliphatic rings.